The van der Waals surface area contributed by atoms with Crippen molar-refractivity contribution < 1.29 is 0 Å². The molecule has 0 saturated carbocycles. The average molecular weight is 553 g/mol. The molecule has 9 rings (SSSR count). The van der Waals surface area contributed by atoms with E-state index in [1.54, 1.807) is 0 Å². The Hall–Kier alpha value is -5.08. The predicted octanol–water partition coefficient (Wildman–Crippen LogP) is 9.34. The highest BCUT2D eigenvalue weighted by Crippen LogP contribution is 2.62. The zero-order valence-electron chi connectivity index (χ0n) is 24.5. The Balaban J connectivity index is 1.12. The van der Waals surface area contributed by atoms with E-state index in [4.69, 9.17) is 0 Å². The second-order valence-electron chi connectivity index (χ2n) is 12.3. The van der Waals surface area contributed by atoms with E-state index in [0.29, 0.717) is 0 Å². The summed E-state index contributed by atoms with van der Waals surface area (Å²) >= 11 is 0. The van der Waals surface area contributed by atoms with Crippen LogP contribution in [0.5, 0.6) is 0 Å². The molecule has 2 aliphatic carbocycles. The molecule has 0 amide bonds. The lowest BCUT2D eigenvalue weighted by molar-refractivity contribution is 0.793. The van der Waals surface area contributed by atoms with Crippen LogP contribution in [0.2, 0.25) is 0 Å². The smallest absolute Gasteiger partial charge is 0.0725 e. The van der Waals surface area contributed by atoms with Crippen molar-refractivity contribution in [1.29, 1.82) is 0 Å². The Labute approximate surface area is 253 Å². The fraction of sp³-hybridized carbons (Fsp3) is 0.122. The van der Waals surface area contributed by atoms with Gasteiger partial charge in [-0.05, 0) is 85.5 Å². The maximum absolute atomic E-state index is 2.43. The topological polar surface area (TPSA) is 6.48 Å². The summed E-state index contributed by atoms with van der Waals surface area (Å²) in [6.45, 7) is 0.857. The Bertz CT molecular complexity index is 2040. The van der Waals surface area contributed by atoms with Crippen molar-refractivity contribution in [2.75, 3.05) is 23.9 Å². The molecule has 3 aliphatic rings. The van der Waals surface area contributed by atoms with Crippen LogP contribution in [0.4, 0.5) is 17.1 Å². The van der Waals surface area contributed by atoms with Crippen LogP contribution in [0.3, 0.4) is 0 Å². The van der Waals surface area contributed by atoms with E-state index >= 15 is 0 Å². The molecule has 0 atom stereocenters. The monoisotopic (exact) mass is 552 g/mol. The third-order valence-electron chi connectivity index (χ3n) is 10.1. The van der Waals surface area contributed by atoms with Gasteiger partial charge in [0.15, 0.2) is 0 Å². The lowest BCUT2D eigenvalue weighted by Gasteiger charge is -2.31. The summed E-state index contributed by atoms with van der Waals surface area (Å²) in [6, 6.07) is 50.0. The van der Waals surface area contributed by atoms with Gasteiger partial charge in [0.1, 0.15) is 0 Å². The van der Waals surface area contributed by atoms with Crippen molar-refractivity contribution in [2.24, 2.45) is 0 Å². The third kappa shape index (κ3) is 3.29. The van der Waals surface area contributed by atoms with Crippen LogP contribution < -0.4 is 9.80 Å². The summed E-state index contributed by atoms with van der Waals surface area (Å²) in [5, 5.41) is 0. The number of benzene rings is 6. The van der Waals surface area contributed by atoms with Crippen LogP contribution in [0, 0.1) is 0 Å². The zero-order chi connectivity index (χ0) is 28.7. The van der Waals surface area contributed by atoms with Gasteiger partial charge in [0.05, 0.1) is 5.41 Å². The van der Waals surface area contributed by atoms with Crippen LogP contribution in [0.15, 0.2) is 133 Å². The first kappa shape index (κ1) is 24.5. The quantitative estimate of drug-likeness (QED) is 0.215. The molecule has 206 valence electrons. The summed E-state index contributed by atoms with van der Waals surface area (Å²) in [5.41, 5.74) is 18.7. The molecule has 0 unspecified atom stereocenters. The van der Waals surface area contributed by atoms with Gasteiger partial charge in [-0.1, -0.05) is 109 Å². The summed E-state index contributed by atoms with van der Waals surface area (Å²) in [7, 11) is 4.40. The normalized spacial score (nSPS) is 14.4. The highest BCUT2D eigenvalue weighted by Gasteiger charge is 2.51. The minimum Gasteiger partial charge on any atom is -0.370 e. The van der Waals surface area contributed by atoms with Gasteiger partial charge in [-0.15, -0.1) is 0 Å². The number of hydrogen-bond donors (Lipinski definition) is 0. The lowest BCUT2D eigenvalue weighted by Crippen LogP contribution is -2.26. The average Bonchev–Trinajstić information content (AvgIpc) is 3.52. The van der Waals surface area contributed by atoms with E-state index in [1.165, 1.54) is 78.3 Å². The maximum Gasteiger partial charge on any atom is 0.0725 e. The molecule has 0 N–H and O–H groups in total. The first-order chi connectivity index (χ1) is 21.1. The number of hydrogen-bond acceptors (Lipinski definition) is 2. The molecule has 2 heteroatoms. The minimum absolute atomic E-state index is 0.281. The lowest BCUT2D eigenvalue weighted by atomic mass is 9.70. The number of anilines is 3. The highest BCUT2D eigenvalue weighted by atomic mass is 15.1. The van der Waals surface area contributed by atoms with Crippen molar-refractivity contribution >= 4 is 17.1 Å². The minimum atomic E-state index is -0.281. The van der Waals surface area contributed by atoms with Crippen LogP contribution in [0.25, 0.3) is 22.3 Å². The molecule has 2 nitrogen and oxygen atoms in total. The van der Waals surface area contributed by atoms with E-state index in [0.717, 1.165) is 13.0 Å². The molecule has 0 radical (unpaired) electrons. The molecule has 6 aromatic rings. The van der Waals surface area contributed by atoms with Crippen LogP contribution >= 0.6 is 0 Å². The Morgan fingerprint density at radius 1 is 0.558 bits per heavy atom. The molecule has 1 aliphatic heterocycles. The zero-order valence-corrected chi connectivity index (χ0v) is 24.5. The largest absolute Gasteiger partial charge is 0.370 e. The molecule has 1 spiro atoms. The van der Waals surface area contributed by atoms with E-state index in [-0.39, 0.29) is 5.41 Å². The fourth-order valence-corrected chi connectivity index (χ4v) is 8.22. The molecule has 0 bridgehead atoms. The van der Waals surface area contributed by atoms with Crippen molar-refractivity contribution in [3.8, 4) is 22.3 Å². The van der Waals surface area contributed by atoms with E-state index in [1.807, 2.05) is 0 Å². The standard InChI is InChI=1S/C41H32N2/c1-42(26-27-19-22-40-29(23-27)24-28-11-3-10-18-39(28)43(40)2)30-20-21-38-34(25-30)33-14-6-9-17-37(33)41(38)35-15-7-4-12-31(35)32-13-5-8-16-36(32)41/h3-23,25H,24,26H2,1-2H3. The van der Waals surface area contributed by atoms with Crippen LogP contribution in [-0.2, 0) is 18.4 Å². The van der Waals surface area contributed by atoms with Crippen molar-refractivity contribution in [3.05, 3.63) is 172 Å². The SMILES string of the molecule is CN(Cc1ccc2c(c1)Cc1ccccc1N2C)c1ccc2c(c1)-c1ccccc1C21c2ccccc2-c2ccccc21. The molecule has 0 aromatic heterocycles. The van der Waals surface area contributed by atoms with Crippen LogP contribution in [0.1, 0.15) is 38.9 Å². The van der Waals surface area contributed by atoms with Gasteiger partial charge in [0.25, 0.3) is 0 Å². The van der Waals surface area contributed by atoms with Crippen LogP contribution in [-0.4, -0.2) is 14.1 Å². The Morgan fingerprint density at radius 3 is 1.81 bits per heavy atom. The first-order valence-electron chi connectivity index (χ1n) is 15.2. The molecule has 0 fully saturated rings. The van der Waals surface area contributed by atoms with Crippen molar-refractivity contribution in [2.45, 2.75) is 18.4 Å². The summed E-state index contributed by atoms with van der Waals surface area (Å²) < 4.78 is 0. The second-order valence-corrected chi connectivity index (χ2v) is 12.3. The number of para-hydroxylation sites is 1. The third-order valence-corrected chi connectivity index (χ3v) is 10.1. The molecule has 43 heavy (non-hydrogen) atoms. The van der Waals surface area contributed by atoms with E-state index in [9.17, 15) is 0 Å². The Kier molecular flexibility index (Phi) is 5.11. The van der Waals surface area contributed by atoms with Gasteiger partial charge in [-0.3, -0.25) is 0 Å². The maximum atomic E-state index is 2.43. The molecular weight excluding hydrogens is 520 g/mol. The van der Waals surface area contributed by atoms with E-state index < -0.39 is 0 Å². The summed E-state index contributed by atoms with van der Waals surface area (Å²) in [5.74, 6) is 0. The summed E-state index contributed by atoms with van der Waals surface area (Å²) in [4.78, 5) is 4.72. The molecular formula is C41H32N2. The van der Waals surface area contributed by atoms with Gasteiger partial charge >= 0.3 is 0 Å². The predicted molar refractivity (Wildman–Crippen MR) is 179 cm³/mol. The summed E-state index contributed by atoms with van der Waals surface area (Å²) in [6.07, 6.45) is 0.980. The Morgan fingerprint density at radius 2 is 1.12 bits per heavy atom. The first-order valence-corrected chi connectivity index (χ1v) is 15.2. The number of nitrogens with zero attached hydrogens (tertiary/aromatic N) is 2. The molecule has 6 aromatic carbocycles. The number of rotatable bonds is 3. The van der Waals surface area contributed by atoms with Crippen molar-refractivity contribution in [3.63, 3.8) is 0 Å². The second kappa shape index (κ2) is 8.96. The molecule has 0 saturated heterocycles. The van der Waals surface area contributed by atoms with Gasteiger partial charge in [0, 0.05) is 44.1 Å². The molecule has 1 heterocycles. The van der Waals surface area contributed by atoms with Gasteiger partial charge in [-0.2, -0.15) is 0 Å². The highest BCUT2D eigenvalue weighted by molar-refractivity contribution is 5.95. The van der Waals surface area contributed by atoms with E-state index in [2.05, 4.69) is 157 Å². The number of fused-ring (bicyclic) bond motifs is 12. The fourth-order valence-electron chi connectivity index (χ4n) is 8.22. The van der Waals surface area contributed by atoms with Gasteiger partial charge < -0.3 is 9.80 Å². The van der Waals surface area contributed by atoms with Gasteiger partial charge in [-0.25, -0.2) is 0 Å². The van der Waals surface area contributed by atoms with Gasteiger partial charge in [0.2, 0.25) is 0 Å². The van der Waals surface area contributed by atoms with Crippen molar-refractivity contribution in [1.82, 2.24) is 0 Å².